The van der Waals surface area contributed by atoms with Crippen LogP contribution in [-0.4, -0.2) is 10.9 Å². The zero-order valence-electron chi connectivity index (χ0n) is 12.4. The van der Waals surface area contributed by atoms with Gasteiger partial charge in [0.1, 0.15) is 5.82 Å². The third kappa shape index (κ3) is 2.68. The number of pyridine rings is 1. The molecule has 1 aromatic heterocycles. The molecule has 4 heteroatoms. The maximum Gasteiger partial charge on any atom is 0.256 e. The first-order valence-corrected chi connectivity index (χ1v) is 6.98. The molecular formula is C18H15FN2O. The highest BCUT2D eigenvalue weighted by atomic mass is 19.1. The molecule has 0 atom stereocenters. The van der Waals surface area contributed by atoms with Crippen molar-refractivity contribution in [3.8, 4) is 0 Å². The van der Waals surface area contributed by atoms with Crippen molar-refractivity contribution in [1.29, 1.82) is 0 Å². The highest BCUT2D eigenvalue weighted by molar-refractivity contribution is 6.12. The lowest BCUT2D eigenvalue weighted by atomic mass is 10.1. The van der Waals surface area contributed by atoms with E-state index in [0.29, 0.717) is 16.8 Å². The Morgan fingerprint density at radius 1 is 1.09 bits per heavy atom. The molecule has 0 spiro atoms. The first kappa shape index (κ1) is 14.2. The number of anilines is 1. The number of carbonyl (C=O) groups excluding carboxylic acids is 1. The molecule has 0 bridgehead atoms. The van der Waals surface area contributed by atoms with E-state index < -0.39 is 0 Å². The molecule has 22 heavy (non-hydrogen) atoms. The summed E-state index contributed by atoms with van der Waals surface area (Å²) in [6.07, 6.45) is 0. The van der Waals surface area contributed by atoms with Crippen molar-refractivity contribution in [3.05, 3.63) is 71.2 Å². The summed E-state index contributed by atoms with van der Waals surface area (Å²) < 4.78 is 13.6. The number of nitrogens with zero attached hydrogens (tertiary/aromatic N) is 1. The first-order valence-electron chi connectivity index (χ1n) is 6.98. The van der Waals surface area contributed by atoms with Crippen LogP contribution in [0.25, 0.3) is 10.9 Å². The van der Waals surface area contributed by atoms with Crippen molar-refractivity contribution in [2.45, 2.75) is 13.8 Å². The Hall–Kier alpha value is -2.75. The van der Waals surface area contributed by atoms with Gasteiger partial charge in [-0.2, -0.15) is 0 Å². The summed E-state index contributed by atoms with van der Waals surface area (Å²) in [7, 11) is 0. The van der Waals surface area contributed by atoms with E-state index in [1.165, 1.54) is 6.07 Å². The highest BCUT2D eigenvalue weighted by Crippen LogP contribution is 2.20. The van der Waals surface area contributed by atoms with Gasteiger partial charge < -0.3 is 5.32 Å². The maximum absolute atomic E-state index is 13.6. The molecule has 0 saturated carbocycles. The predicted octanol–water partition coefficient (Wildman–Crippen LogP) is 4.24. The Morgan fingerprint density at radius 3 is 2.64 bits per heavy atom. The van der Waals surface area contributed by atoms with E-state index in [0.717, 1.165) is 16.6 Å². The third-order valence-electron chi connectivity index (χ3n) is 3.52. The molecule has 0 aliphatic rings. The molecule has 3 rings (SSSR count). The number of carbonyl (C=O) groups is 1. The minimum absolute atomic E-state index is 0.273. The molecule has 0 unspecified atom stereocenters. The van der Waals surface area contributed by atoms with E-state index in [2.05, 4.69) is 10.3 Å². The molecule has 0 aliphatic carbocycles. The Bertz CT molecular complexity index is 874. The number of halogens is 1. The summed E-state index contributed by atoms with van der Waals surface area (Å²) in [5, 5.41) is 3.52. The normalized spacial score (nSPS) is 10.7. The van der Waals surface area contributed by atoms with E-state index in [9.17, 15) is 9.18 Å². The Morgan fingerprint density at radius 2 is 1.86 bits per heavy atom. The molecule has 0 aliphatic heterocycles. The van der Waals surface area contributed by atoms with Gasteiger partial charge in [0.25, 0.3) is 5.91 Å². The molecule has 1 N–H and O–H groups in total. The van der Waals surface area contributed by atoms with E-state index in [4.69, 9.17) is 0 Å². The lowest BCUT2D eigenvalue weighted by Crippen LogP contribution is -2.13. The first-order chi connectivity index (χ1) is 10.5. The molecule has 0 radical (unpaired) electrons. The molecule has 0 fully saturated rings. The molecule has 1 amide bonds. The van der Waals surface area contributed by atoms with Gasteiger partial charge in [0, 0.05) is 16.8 Å². The van der Waals surface area contributed by atoms with Crippen molar-refractivity contribution in [1.82, 2.24) is 4.98 Å². The van der Waals surface area contributed by atoms with Crippen molar-refractivity contribution in [2.75, 3.05) is 5.32 Å². The second kappa shape index (κ2) is 5.56. The van der Waals surface area contributed by atoms with Gasteiger partial charge in [-0.3, -0.25) is 9.78 Å². The fourth-order valence-electron chi connectivity index (χ4n) is 2.36. The highest BCUT2D eigenvalue weighted by Gasteiger charge is 2.12. The average molecular weight is 294 g/mol. The van der Waals surface area contributed by atoms with E-state index in [-0.39, 0.29) is 11.7 Å². The number of para-hydroxylation sites is 1. The molecule has 2 aromatic carbocycles. The van der Waals surface area contributed by atoms with Crippen molar-refractivity contribution in [3.63, 3.8) is 0 Å². The molecule has 110 valence electrons. The number of nitrogens with one attached hydrogen (secondary N) is 1. The van der Waals surface area contributed by atoms with Crippen LogP contribution in [0.4, 0.5) is 10.1 Å². The van der Waals surface area contributed by atoms with Crippen molar-refractivity contribution >= 4 is 22.5 Å². The average Bonchev–Trinajstić information content (AvgIpc) is 2.50. The predicted molar refractivity (Wildman–Crippen MR) is 85.6 cm³/mol. The van der Waals surface area contributed by atoms with Crippen LogP contribution in [-0.2, 0) is 0 Å². The van der Waals surface area contributed by atoms with Crippen LogP contribution < -0.4 is 5.32 Å². The number of aryl methyl sites for hydroxylation is 2. The van der Waals surface area contributed by atoms with Crippen LogP contribution in [0.15, 0.2) is 48.5 Å². The zero-order valence-corrected chi connectivity index (χ0v) is 12.4. The Labute approximate surface area is 127 Å². The summed E-state index contributed by atoms with van der Waals surface area (Å²) in [6.45, 7) is 3.52. The summed E-state index contributed by atoms with van der Waals surface area (Å²) in [5.41, 5.74) is 3.04. The van der Waals surface area contributed by atoms with Gasteiger partial charge in [-0.1, -0.05) is 24.3 Å². The van der Waals surface area contributed by atoms with Gasteiger partial charge in [-0.15, -0.1) is 0 Å². The number of benzene rings is 2. The third-order valence-corrected chi connectivity index (χ3v) is 3.52. The quantitative estimate of drug-likeness (QED) is 0.768. The lowest BCUT2D eigenvalue weighted by molar-refractivity contribution is 0.102. The maximum atomic E-state index is 13.6. The summed E-state index contributed by atoms with van der Waals surface area (Å²) in [4.78, 5) is 16.9. The number of hydrogen-bond donors (Lipinski definition) is 1. The molecular weight excluding hydrogens is 279 g/mol. The van der Waals surface area contributed by atoms with E-state index >= 15 is 0 Å². The van der Waals surface area contributed by atoms with Gasteiger partial charge in [0.05, 0.1) is 11.1 Å². The van der Waals surface area contributed by atoms with Crippen LogP contribution in [0.5, 0.6) is 0 Å². The monoisotopic (exact) mass is 294 g/mol. The largest absolute Gasteiger partial charge is 0.322 e. The van der Waals surface area contributed by atoms with Crippen molar-refractivity contribution < 1.29 is 9.18 Å². The van der Waals surface area contributed by atoms with Gasteiger partial charge in [0.15, 0.2) is 0 Å². The summed E-state index contributed by atoms with van der Waals surface area (Å²) >= 11 is 0. The minimum atomic E-state index is -0.339. The number of fused-ring (bicyclic) bond motifs is 1. The van der Waals surface area contributed by atoms with Gasteiger partial charge >= 0.3 is 0 Å². The lowest BCUT2D eigenvalue weighted by Gasteiger charge is -2.09. The fraction of sp³-hybridized carbons (Fsp3) is 0.111. The topological polar surface area (TPSA) is 42.0 Å². The minimum Gasteiger partial charge on any atom is -0.322 e. The number of aromatic nitrogens is 1. The molecule has 3 nitrogen and oxygen atoms in total. The van der Waals surface area contributed by atoms with Gasteiger partial charge in [-0.05, 0) is 43.7 Å². The molecule has 1 heterocycles. The summed E-state index contributed by atoms with van der Waals surface area (Å²) in [6, 6.07) is 13.9. The van der Waals surface area contributed by atoms with Crippen LogP contribution in [0.3, 0.4) is 0 Å². The standard InChI is InChI=1S/C18H15FN2O/c1-11-7-8-13(10-16(11)19)21-18(22)15-9-12(2)20-17-6-4-3-5-14(15)17/h3-10H,1-2H3,(H,21,22). The van der Waals surface area contributed by atoms with E-state index in [1.54, 1.807) is 25.1 Å². The second-order valence-corrected chi connectivity index (χ2v) is 5.25. The van der Waals surface area contributed by atoms with Crippen LogP contribution in [0.2, 0.25) is 0 Å². The van der Waals surface area contributed by atoms with Gasteiger partial charge in [0.2, 0.25) is 0 Å². The Balaban J connectivity index is 2.00. The van der Waals surface area contributed by atoms with Crippen LogP contribution in [0.1, 0.15) is 21.6 Å². The van der Waals surface area contributed by atoms with Crippen molar-refractivity contribution in [2.24, 2.45) is 0 Å². The smallest absolute Gasteiger partial charge is 0.256 e. The van der Waals surface area contributed by atoms with Crippen LogP contribution in [0, 0.1) is 19.7 Å². The number of rotatable bonds is 2. The number of hydrogen-bond acceptors (Lipinski definition) is 2. The fourth-order valence-corrected chi connectivity index (χ4v) is 2.36. The van der Waals surface area contributed by atoms with Crippen LogP contribution >= 0.6 is 0 Å². The summed E-state index contributed by atoms with van der Waals surface area (Å²) in [5.74, 6) is -0.612. The van der Waals surface area contributed by atoms with Gasteiger partial charge in [-0.25, -0.2) is 4.39 Å². The SMILES string of the molecule is Cc1cc(C(=O)Nc2ccc(C)c(F)c2)c2ccccc2n1. The zero-order chi connectivity index (χ0) is 15.7. The second-order valence-electron chi connectivity index (χ2n) is 5.25. The Kier molecular flexibility index (Phi) is 3.59. The molecule has 0 saturated heterocycles. The molecule has 3 aromatic rings. The number of amides is 1. The van der Waals surface area contributed by atoms with E-state index in [1.807, 2.05) is 31.2 Å².